The zero-order valence-electron chi connectivity index (χ0n) is 20.3. The smallest absolute Gasteiger partial charge is 0.264 e. The van der Waals surface area contributed by atoms with Crippen molar-refractivity contribution in [3.8, 4) is 0 Å². The highest BCUT2D eigenvalue weighted by Gasteiger charge is 2.58. The predicted octanol–water partition coefficient (Wildman–Crippen LogP) is 6.00. The van der Waals surface area contributed by atoms with Crippen LogP contribution < -0.4 is 4.90 Å². The van der Waals surface area contributed by atoms with Crippen LogP contribution in [0.3, 0.4) is 0 Å². The Labute approximate surface area is 201 Å². The van der Waals surface area contributed by atoms with E-state index in [0.717, 1.165) is 29.2 Å². The van der Waals surface area contributed by atoms with Crippen molar-refractivity contribution in [3.63, 3.8) is 0 Å². The number of rotatable bonds is 5. The largest absolute Gasteiger partial charge is 0.375 e. The molecule has 176 valence electrons. The van der Waals surface area contributed by atoms with Crippen molar-refractivity contribution < 1.29 is 14.7 Å². The Morgan fingerprint density at radius 2 is 1.71 bits per heavy atom. The van der Waals surface area contributed by atoms with E-state index in [1.54, 1.807) is 4.90 Å². The summed E-state index contributed by atoms with van der Waals surface area (Å²) in [6.07, 6.45) is 2.77. The van der Waals surface area contributed by atoms with Crippen LogP contribution in [0.1, 0.15) is 57.6 Å². The number of ketones is 1. The normalized spacial score (nSPS) is 25.1. The molecule has 0 unspecified atom stereocenters. The second-order valence-corrected chi connectivity index (χ2v) is 10.6. The molecular formula is C30H33NO3. The summed E-state index contributed by atoms with van der Waals surface area (Å²) in [4.78, 5) is 28.9. The molecule has 1 amide bonds. The van der Waals surface area contributed by atoms with E-state index in [1.165, 1.54) is 0 Å². The van der Waals surface area contributed by atoms with Crippen LogP contribution in [0, 0.1) is 17.3 Å². The van der Waals surface area contributed by atoms with Crippen LogP contribution in [0.4, 0.5) is 5.69 Å². The van der Waals surface area contributed by atoms with E-state index < -0.39 is 11.5 Å². The molecular weight excluding hydrogens is 422 g/mol. The monoisotopic (exact) mass is 455 g/mol. The van der Waals surface area contributed by atoms with Crippen LogP contribution in [0.5, 0.6) is 0 Å². The third-order valence-corrected chi connectivity index (χ3v) is 8.55. The Morgan fingerprint density at radius 1 is 1.00 bits per heavy atom. The number of benzene rings is 3. The summed E-state index contributed by atoms with van der Waals surface area (Å²) in [5, 5.41) is 14.3. The van der Waals surface area contributed by atoms with Crippen LogP contribution in [0.2, 0.25) is 0 Å². The molecule has 1 saturated carbocycles. The first kappa shape index (κ1) is 22.8. The number of carbonyl (C=O) groups is 2. The molecule has 0 saturated heterocycles. The second-order valence-electron chi connectivity index (χ2n) is 10.6. The highest BCUT2D eigenvalue weighted by molar-refractivity contribution is 6.10. The zero-order chi connectivity index (χ0) is 24.1. The van der Waals surface area contributed by atoms with Gasteiger partial charge >= 0.3 is 0 Å². The molecule has 3 aromatic rings. The first-order valence-electron chi connectivity index (χ1n) is 12.4. The van der Waals surface area contributed by atoms with Crippen molar-refractivity contribution in [2.24, 2.45) is 17.3 Å². The fraction of sp³-hybridized carbons (Fsp3) is 0.400. The molecule has 1 heterocycles. The lowest BCUT2D eigenvalue weighted by Gasteiger charge is -2.42. The van der Waals surface area contributed by atoms with Gasteiger partial charge in [0.1, 0.15) is 5.78 Å². The number of amides is 1. The molecule has 1 N–H and O–H groups in total. The highest BCUT2D eigenvalue weighted by atomic mass is 16.3. The van der Waals surface area contributed by atoms with Crippen LogP contribution in [0.15, 0.2) is 66.7 Å². The average Bonchev–Trinajstić information content (AvgIpc) is 3.07. The molecule has 2 aliphatic rings. The molecule has 4 heteroatoms. The Hall–Kier alpha value is -2.98. The Bertz CT molecular complexity index is 1260. The molecule has 3 aromatic carbocycles. The van der Waals surface area contributed by atoms with Crippen molar-refractivity contribution in [1.29, 1.82) is 0 Å². The van der Waals surface area contributed by atoms with Crippen molar-refractivity contribution in [2.45, 2.75) is 58.6 Å². The summed E-state index contributed by atoms with van der Waals surface area (Å²) in [7, 11) is 0. The number of aliphatic hydroxyl groups is 1. The van der Waals surface area contributed by atoms with E-state index >= 15 is 0 Å². The summed E-state index contributed by atoms with van der Waals surface area (Å²) in [5.74, 6) is -0.810. The van der Waals surface area contributed by atoms with E-state index in [9.17, 15) is 14.7 Å². The second kappa shape index (κ2) is 8.35. The summed E-state index contributed by atoms with van der Waals surface area (Å²) < 4.78 is 0. The number of carbonyl (C=O) groups excluding carboxylic acids is 2. The Kier molecular flexibility index (Phi) is 5.60. The topological polar surface area (TPSA) is 57.6 Å². The van der Waals surface area contributed by atoms with Gasteiger partial charge in [0.05, 0.1) is 18.2 Å². The summed E-state index contributed by atoms with van der Waals surface area (Å²) >= 11 is 0. The molecule has 4 nitrogen and oxygen atoms in total. The van der Waals surface area contributed by atoms with Gasteiger partial charge in [-0.1, -0.05) is 87.9 Å². The van der Waals surface area contributed by atoms with Crippen LogP contribution in [-0.4, -0.2) is 16.8 Å². The Balaban J connectivity index is 1.56. The van der Waals surface area contributed by atoms with Crippen molar-refractivity contribution in [2.75, 3.05) is 4.90 Å². The van der Waals surface area contributed by atoms with Gasteiger partial charge in [0, 0.05) is 12.0 Å². The van der Waals surface area contributed by atoms with Gasteiger partial charge in [-0.05, 0) is 46.6 Å². The van der Waals surface area contributed by atoms with Gasteiger partial charge in [-0.15, -0.1) is 0 Å². The molecule has 1 fully saturated rings. The van der Waals surface area contributed by atoms with Crippen LogP contribution in [-0.2, 0) is 21.7 Å². The van der Waals surface area contributed by atoms with Gasteiger partial charge in [0.15, 0.2) is 5.60 Å². The number of Topliss-reactive ketones (excluding diaryl/α,β-unsaturated/α-hetero) is 1. The van der Waals surface area contributed by atoms with E-state index in [-0.39, 0.29) is 23.0 Å². The van der Waals surface area contributed by atoms with E-state index in [1.807, 2.05) is 48.5 Å². The van der Waals surface area contributed by atoms with E-state index in [2.05, 4.69) is 39.0 Å². The molecule has 34 heavy (non-hydrogen) atoms. The maximum Gasteiger partial charge on any atom is 0.264 e. The molecule has 0 bridgehead atoms. The summed E-state index contributed by atoms with van der Waals surface area (Å²) in [6.45, 7) is 6.98. The number of hydrogen-bond acceptors (Lipinski definition) is 3. The minimum Gasteiger partial charge on any atom is -0.375 e. The minimum atomic E-state index is -1.82. The van der Waals surface area contributed by atoms with Gasteiger partial charge in [-0.3, -0.25) is 9.59 Å². The molecule has 1 aliphatic carbocycles. The number of para-hydroxylation sites is 1. The molecule has 0 radical (unpaired) electrons. The van der Waals surface area contributed by atoms with Gasteiger partial charge < -0.3 is 10.0 Å². The maximum atomic E-state index is 14.0. The number of anilines is 1. The number of hydrogen-bond donors (Lipinski definition) is 1. The molecule has 5 rings (SSSR count). The fourth-order valence-electron chi connectivity index (χ4n) is 5.98. The molecule has 3 atom stereocenters. The van der Waals surface area contributed by atoms with Crippen LogP contribution >= 0.6 is 0 Å². The quantitative estimate of drug-likeness (QED) is 0.514. The van der Waals surface area contributed by atoms with Crippen molar-refractivity contribution in [3.05, 3.63) is 77.9 Å². The van der Waals surface area contributed by atoms with E-state index in [4.69, 9.17) is 0 Å². The number of fused-ring (bicyclic) bond motifs is 2. The van der Waals surface area contributed by atoms with Crippen molar-refractivity contribution in [1.82, 2.24) is 0 Å². The van der Waals surface area contributed by atoms with Gasteiger partial charge in [-0.2, -0.15) is 0 Å². The minimum absolute atomic E-state index is 0.000757. The first-order valence-corrected chi connectivity index (χ1v) is 12.4. The number of nitrogens with zero attached hydrogens (tertiary/aromatic N) is 1. The van der Waals surface area contributed by atoms with Crippen molar-refractivity contribution >= 4 is 28.2 Å². The average molecular weight is 456 g/mol. The Morgan fingerprint density at radius 3 is 2.50 bits per heavy atom. The fourth-order valence-corrected chi connectivity index (χ4v) is 5.98. The predicted molar refractivity (Wildman–Crippen MR) is 135 cm³/mol. The lowest BCUT2D eigenvalue weighted by molar-refractivity contribution is -0.155. The van der Waals surface area contributed by atoms with Gasteiger partial charge in [0.2, 0.25) is 0 Å². The maximum absolute atomic E-state index is 14.0. The lowest BCUT2D eigenvalue weighted by Crippen LogP contribution is -2.51. The van der Waals surface area contributed by atoms with Gasteiger partial charge in [0.25, 0.3) is 5.91 Å². The molecule has 0 aromatic heterocycles. The lowest BCUT2D eigenvalue weighted by atomic mass is 9.62. The SMILES string of the molecule is CCC(C)(C)[C@@H]1CCC(=O)[C@H]([C@@]2(O)C(=O)N(Cc3cccc4ccccc34)c3ccccc32)C1. The third-order valence-electron chi connectivity index (χ3n) is 8.55. The summed E-state index contributed by atoms with van der Waals surface area (Å²) in [5.41, 5.74) is 0.520. The molecule has 1 aliphatic heterocycles. The standard InChI is InChI=1S/C30H33NO3/c1-4-29(2,3)22-16-17-27(32)25(18-22)30(34)24-14-7-8-15-26(24)31(28(30)33)19-21-12-9-11-20-10-5-6-13-23(20)21/h5-15,22,25,34H,4,16-19H2,1-3H3/t22-,25-,30-/m1/s1. The third kappa shape index (κ3) is 3.47. The zero-order valence-corrected chi connectivity index (χ0v) is 20.3. The van der Waals surface area contributed by atoms with E-state index in [0.29, 0.717) is 30.6 Å². The first-order chi connectivity index (χ1) is 16.3. The van der Waals surface area contributed by atoms with Gasteiger partial charge in [-0.25, -0.2) is 0 Å². The molecule has 0 spiro atoms. The highest BCUT2D eigenvalue weighted by Crippen LogP contribution is 2.52. The van der Waals surface area contributed by atoms with Crippen LogP contribution in [0.25, 0.3) is 10.8 Å². The summed E-state index contributed by atoms with van der Waals surface area (Å²) in [6, 6.07) is 21.7.